The molecule has 2 aromatic rings. The number of alkyl halides is 1. The van der Waals surface area contributed by atoms with Gasteiger partial charge in [0.2, 0.25) is 6.39 Å². The molecule has 0 radical (unpaired) electrons. The maximum atomic E-state index is 4.63. The summed E-state index contributed by atoms with van der Waals surface area (Å²) < 4.78 is 6.36. The molecular weight excluding hydrogens is 250 g/mol. The van der Waals surface area contributed by atoms with E-state index < -0.39 is 0 Å². The second kappa shape index (κ2) is 3.87. The van der Waals surface area contributed by atoms with Crippen molar-refractivity contribution in [3.63, 3.8) is 0 Å². The van der Waals surface area contributed by atoms with Crippen LogP contribution in [0.5, 0.6) is 0 Å². The van der Waals surface area contributed by atoms with Gasteiger partial charge in [0.05, 0.1) is 16.7 Å². The van der Waals surface area contributed by atoms with Crippen molar-refractivity contribution in [3.05, 3.63) is 24.1 Å². The van der Waals surface area contributed by atoms with Crippen LogP contribution in [0.4, 0.5) is 0 Å². The second-order valence-corrected chi connectivity index (χ2v) is 4.15. The van der Waals surface area contributed by atoms with Crippen LogP contribution < -0.4 is 0 Å². The van der Waals surface area contributed by atoms with Crippen LogP contribution in [-0.4, -0.2) is 25.1 Å². The fourth-order valence-electron chi connectivity index (χ4n) is 1.09. The Hall–Kier alpha value is -1.24. The van der Waals surface area contributed by atoms with Crippen LogP contribution in [-0.2, 0) is 6.54 Å². The highest BCUT2D eigenvalue weighted by Crippen LogP contribution is 2.20. The first-order valence-electron chi connectivity index (χ1n) is 4.05. The highest BCUT2D eigenvalue weighted by Gasteiger charge is 2.10. The third-order valence-electron chi connectivity index (χ3n) is 1.75. The van der Waals surface area contributed by atoms with E-state index >= 15 is 0 Å². The highest BCUT2D eigenvalue weighted by atomic mass is 79.9. The Bertz CT molecular complexity index is 396. The van der Waals surface area contributed by atoms with Gasteiger partial charge in [-0.25, -0.2) is 4.68 Å². The number of aromatic nitrogens is 5. The van der Waals surface area contributed by atoms with Crippen LogP contribution in [0, 0.1) is 0 Å². The minimum atomic E-state index is 0.199. The summed E-state index contributed by atoms with van der Waals surface area (Å²) in [4.78, 5) is 4.11. The molecule has 0 aliphatic rings. The average molecular weight is 258 g/mol. The van der Waals surface area contributed by atoms with Crippen molar-refractivity contribution in [1.82, 2.24) is 25.1 Å². The van der Waals surface area contributed by atoms with E-state index in [1.165, 1.54) is 6.39 Å². The SMILES string of the molecule is CC(Br)c1cnnn1Cc1ncon1. The Labute approximate surface area is 88.4 Å². The molecule has 74 valence electrons. The van der Waals surface area contributed by atoms with Crippen molar-refractivity contribution in [2.24, 2.45) is 0 Å². The first-order chi connectivity index (χ1) is 6.77. The molecule has 7 heteroatoms. The van der Waals surface area contributed by atoms with Crippen molar-refractivity contribution < 1.29 is 4.52 Å². The van der Waals surface area contributed by atoms with Gasteiger partial charge >= 0.3 is 0 Å². The van der Waals surface area contributed by atoms with Crippen molar-refractivity contribution in [2.75, 3.05) is 0 Å². The minimum Gasteiger partial charge on any atom is -0.343 e. The van der Waals surface area contributed by atoms with Crippen LogP contribution in [0.1, 0.15) is 23.3 Å². The monoisotopic (exact) mass is 257 g/mol. The predicted octanol–water partition coefficient (Wildman–Crippen LogP) is 1.17. The van der Waals surface area contributed by atoms with Gasteiger partial charge in [-0.05, 0) is 6.92 Å². The van der Waals surface area contributed by atoms with Gasteiger partial charge in [0, 0.05) is 0 Å². The lowest BCUT2D eigenvalue weighted by Gasteiger charge is -2.04. The molecule has 0 aliphatic heterocycles. The zero-order chi connectivity index (χ0) is 9.97. The molecule has 0 saturated heterocycles. The number of hydrogen-bond acceptors (Lipinski definition) is 5. The van der Waals surface area contributed by atoms with Gasteiger partial charge in [-0.2, -0.15) is 4.98 Å². The molecule has 1 unspecified atom stereocenters. The molecule has 0 spiro atoms. The van der Waals surface area contributed by atoms with E-state index in [-0.39, 0.29) is 4.83 Å². The lowest BCUT2D eigenvalue weighted by atomic mass is 10.3. The van der Waals surface area contributed by atoms with Crippen molar-refractivity contribution in [3.8, 4) is 0 Å². The lowest BCUT2D eigenvalue weighted by molar-refractivity contribution is 0.406. The van der Waals surface area contributed by atoms with E-state index in [1.54, 1.807) is 10.9 Å². The molecule has 0 bridgehead atoms. The predicted molar refractivity (Wildman–Crippen MR) is 50.8 cm³/mol. The molecule has 0 aliphatic carbocycles. The normalized spacial score (nSPS) is 13.0. The van der Waals surface area contributed by atoms with E-state index in [0.717, 1.165) is 5.69 Å². The van der Waals surface area contributed by atoms with Gasteiger partial charge in [-0.3, -0.25) is 0 Å². The van der Waals surface area contributed by atoms with Crippen molar-refractivity contribution in [2.45, 2.75) is 18.3 Å². The Balaban J connectivity index is 2.21. The molecule has 14 heavy (non-hydrogen) atoms. The number of hydrogen-bond donors (Lipinski definition) is 0. The largest absolute Gasteiger partial charge is 0.343 e. The molecule has 0 fully saturated rings. The summed E-state index contributed by atoms with van der Waals surface area (Å²) in [5.74, 6) is 0.588. The average Bonchev–Trinajstić information content (AvgIpc) is 2.75. The van der Waals surface area contributed by atoms with E-state index in [9.17, 15) is 0 Å². The summed E-state index contributed by atoms with van der Waals surface area (Å²) in [6, 6.07) is 0. The Morgan fingerprint density at radius 2 is 2.50 bits per heavy atom. The van der Waals surface area contributed by atoms with E-state index in [2.05, 4.69) is 40.9 Å². The zero-order valence-electron chi connectivity index (χ0n) is 7.46. The van der Waals surface area contributed by atoms with Gasteiger partial charge in [0.1, 0.15) is 6.54 Å². The highest BCUT2D eigenvalue weighted by molar-refractivity contribution is 9.09. The summed E-state index contributed by atoms with van der Waals surface area (Å²) in [7, 11) is 0. The first kappa shape index (κ1) is 9.32. The summed E-state index contributed by atoms with van der Waals surface area (Å²) in [5, 5.41) is 11.4. The summed E-state index contributed by atoms with van der Waals surface area (Å²) in [5.41, 5.74) is 0.981. The number of nitrogens with zero attached hydrogens (tertiary/aromatic N) is 5. The van der Waals surface area contributed by atoms with E-state index in [4.69, 9.17) is 0 Å². The van der Waals surface area contributed by atoms with Gasteiger partial charge in [0.25, 0.3) is 0 Å². The molecule has 6 nitrogen and oxygen atoms in total. The molecule has 0 N–H and O–H groups in total. The van der Waals surface area contributed by atoms with Crippen molar-refractivity contribution >= 4 is 15.9 Å². The fraction of sp³-hybridized carbons (Fsp3) is 0.429. The van der Waals surface area contributed by atoms with Gasteiger partial charge in [-0.15, -0.1) is 5.10 Å². The molecule has 2 heterocycles. The van der Waals surface area contributed by atoms with E-state index in [0.29, 0.717) is 12.4 Å². The third-order valence-corrected chi connectivity index (χ3v) is 2.22. The van der Waals surface area contributed by atoms with Gasteiger partial charge < -0.3 is 4.52 Å². The minimum absolute atomic E-state index is 0.199. The topological polar surface area (TPSA) is 69.6 Å². The molecule has 2 rings (SSSR count). The van der Waals surface area contributed by atoms with Crippen LogP contribution in [0.15, 0.2) is 17.1 Å². The molecule has 1 atom stereocenters. The summed E-state index contributed by atoms with van der Waals surface area (Å²) in [6.07, 6.45) is 3.00. The smallest absolute Gasteiger partial charge is 0.213 e. The standard InChI is InChI=1S/C7H8BrN5O/c1-5(8)6-2-10-12-13(6)3-7-9-4-14-11-7/h2,4-5H,3H2,1H3. The maximum absolute atomic E-state index is 4.63. The van der Waals surface area contributed by atoms with Crippen LogP contribution in [0.25, 0.3) is 0 Å². The van der Waals surface area contributed by atoms with E-state index in [1.807, 2.05) is 6.92 Å². The summed E-state index contributed by atoms with van der Waals surface area (Å²) >= 11 is 3.45. The number of rotatable bonds is 3. The maximum Gasteiger partial charge on any atom is 0.213 e. The second-order valence-electron chi connectivity index (χ2n) is 2.78. The Morgan fingerprint density at radius 1 is 1.64 bits per heavy atom. The first-order valence-corrected chi connectivity index (χ1v) is 4.96. The van der Waals surface area contributed by atoms with Gasteiger partial charge in [-0.1, -0.05) is 26.3 Å². The number of halogens is 1. The summed E-state index contributed by atoms with van der Waals surface area (Å²) in [6.45, 7) is 2.48. The molecule has 0 aromatic carbocycles. The van der Waals surface area contributed by atoms with Crippen LogP contribution in [0.3, 0.4) is 0 Å². The lowest BCUT2D eigenvalue weighted by Crippen LogP contribution is -2.07. The third kappa shape index (κ3) is 1.82. The zero-order valence-corrected chi connectivity index (χ0v) is 9.05. The molecule has 0 saturated carbocycles. The fourth-order valence-corrected chi connectivity index (χ4v) is 1.45. The van der Waals surface area contributed by atoms with Crippen LogP contribution >= 0.6 is 15.9 Å². The Kier molecular flexibility index (Phi) is 2.58. The van der Waals surface area contributed by atoms with Crippen molar-refractivity contribution in [1.29, 1.82) is 0 Å². The quantitative estimate of drug-likeness (QED) is 0.773. The van der Waals surface area contributed by atoms with Crippen LogP contribution in [0.2, 0.25) is 0 Å². The Morgan fingerprint density at radius 3 is 3.14 bits per heavy atom. The molecule has 2 aromatic heterocycles. The van der Waals surface area contributed by atoms with Gasteiger partial charge in [0.15, 0.2) is 5.82 Å². The molecule has 0 amide bonds. The molecular formula is C7H8BrN5O.